The fourth-order valence-corrected chi connectivity index (χ4v) is 3.50. The molecular formula is C14H26O. The third-order valence-electron chi connectivity index (χ3n) is 4.69. The lowest BCUT2D eigenvalue weighted by atomic mass is 9.66. The summed E-state index contributed by atoms with van der Waals surface area (Å²) in [5, 5.41) is 0. The van der Waals surface area contributed by atoms with Gasteiger partial charge in [0.15, 0.2) is 0 Å². The van der Waals surface area contributed by atoms with Crippen LogP contribution >= 0.6 is 0 Å². The van der Waals surface area contributed by atoms with Crippen molar-refractivity contribution in [3.8, 4) is 0 Å². The van der Waals surface area contributed by atoms with E-state index in [0.29, 0.717) is 11.5 Å². The average Bonchev–Trinajstić information content (AvgIpc) is 2.57. The predicted molar refractivity (Wildman–Crippen MR) is 63.9 cm³/mol. The quantitative estimate of drug-likeness (QED) is 0.683. The van der Waals surface area contributed by atoms with Crippen molar-refractivity contribution in [3.05, 3.63) is 0 Å². The largest absolute Gasteiger partial charge is 0.378 e. The molecule has 1 aliphatic carbocycles. The van der Waals surface area contributed by atoms with Crippen LogP contribution in [-0.4, -0.2) is 12.7 Å². The van der Waals surface area contributed by atoms with Gasteiger partial charge in [-0.1, -0.05) is 33.6 Å². The first-order chi connectivity index (χ1) is 7.14. The number of unbranched alkanes of at least 4 members (excludes halogenated alkanes) is 1. The molecule has 2 fully saturated rings. The van der Waals surface area contributed by atoms with E-state index in [-0.39, 0.29) is 0 Å². The summed E-state index contributed by atoms with van der Waals surface area (Å²) in [6.45, 7) is 8.15. The fraction of sp³-hybridized carbons (Fsp3) is 1.00. The second-order valence-corrected chi connectivity index (χ2v) is 6.17. The monoisotopic (exact) mass is 210 g/mol. The summed E-state index contributed by atoms with van der Waals surface area (Å²) in [6, 6.07) is 0. The predicted octanol–water partition coefficient (Wildman–Crippen LogP) is 4.02. The Morgan fingerprint density at radius 3 is 2.93 bits per heavy atom. The molecule has 0 aromatic rings. The van der Waals surface area contributed by atoms with E-state index in [1.165, 1.54) is 38.5 Å². The Bertz CT molecular complexity index is 213. The smallest absolute Gasteiger partial charge is 0.0612 e. The summed E-state index contributed by atoms with van der Waals surface area (Å²) >= 11 is 0. The zero-order valence-corrected chi connectivity index (χ0v) is 10.6. The Morgan fingerprint density at radius 2 is 2.20 bits per heavy atom. The van der Waals surface area contributed by atoms with Crippen molar-refractivity contribution >= 4 is 0 Å². The summed E-state index contributed by atoms with van der Waals surface area (Å²) in [5.41, 5.74) is 0.585. The standard InChI is InChI=1S/C14H26O/c1-4-5-7-14(3)8-6-12-11(2)10-15-13(12)9-14/h11-13H,4-10H2,1-3H3/t11-,12-,13+,14?/m0/s1. The highest BCUT2D eigenvalue weighted by atomic mass is 16.5. The molecule has 1 unspecified atom stereocenters. The van der Waals surface area contributed by atoms with Crippen molar-refractivity contribution in [2.24, 2.45) is 17.3 Å². The number of hydrogen-bond acceptors (Lipinski definition) is 1. The van der Waals surface area contributed by atoms with Crippen LogP contribution in [0.3, 0.4) is 0 Å². The van der Waals surface area contributed by atoms with Crippen LogP contribution < -0.4 is 0 Å². The maximum absolute atomic E-state index is 5.94. The van der Waals surface area contributed by atoms with E-state index in [4.69, 9.17) is 4.74 Å². The van der Waals surface area contributed by atoms with Crippen LogP contribution in [0.4, 0.5) is 0 Å². The van der Waals surface area contributed by atoms with Crippen LogP contribution in [0.5, 0.6) is 0 Å². The Morgan fingerprint density at radius 1 is 1.40 bits per heavy atom. The Kier molecular flexibility index (Phi) is 3.39. The SMILES string of the molecule is CCCCC1(C)CC[C@H]2[C@@H](C)CO[C@@H]2C1. The maximum atomic E-state index is 5.94. The third kappa shape index (κ3) is 2.38. The molecule has 1 heterocycles. The molecule has 1 aliphatic heterocycles. The zero-order valence-electron chi connectivity index (χ0n) is 10.6. The average molecular weight is 210 g/mol. The Labute approximate surface area is 94.6 Å². The summed E-state index contributed by atoms with van der Waals surface area (Å²) in [7, 11) is 0. The summed E-state index contributed by atoms with van der Waals surface area (Å²) in [4.78, 5) is 0. The number of hydrogen-bond donors (Lipinski definition) is 0. The van der Waals surface area contributed by atoms with Gasteiger partial charge >= 0.3 is 0 Å². The molecule has 4 atom stereocenters. The second kappa shape index (κ2) is 4.45. The maximum Gasteiger partial charge on any atom is 0.0612 e. The van der Waals surface area contributed by atoms with Crippen molar-refractivity contribution in [2.75, 3.05) is 6.61 Å². The highest BCUT2D eigenvalue weighted by Gasteiger charge is 2.43. The molecule has 2 aliphatic rings. The lowest BCUT2D eigenvalue weighted by Crippen LogP contribution is -2.34. The molecule has 0 aromatic heterocycles. The van der Waals surface area contributed by atoms with Crippen molar-refractivity contribution in [3.63, 3.8) is 0 Å². The normalized spacial score (nSPS) is 45.4. The van der Waals surface area contributed by atoms with E-state index in [1.807, 2.05) is 0 Å². The first kappa shape index (κ1) is 11.4. The Balaban J connectivity index is 1.92. The topological polar surface area (TPSA) is 9.23 Å². The molecular weight excluding hydrogens is 184 g/mol. The third-order valence-corrected chi connectivity index (χ3v) is 4.69. The van der Waals surface area contributed by atoms with Gasteiger partial charge in [0, 0.05) is 6.61 Å². The van der Waals surface area contributed by atoms with Gasteiger partial charge in [-0.05, 0) is 42.9 Å². The van der Waals surface area contributed by atoms with Crippen molar-refractivity contribution in [1.29, 1.82) is 0 Å². The first-order valence-electron chi connectivity index (χ1n) is 6.76. The molecule has 1 heteroatoms. The van der Waals surface area contributed by atoms with Crippen molar-refractivity contribution < 1.29 is 4.74 Å². The van der Waals surface area contributed by atoms with Crippen LogP contribution in [0, 0.1) is 17.3 Å². The number of ether oxygens (including phenoxy) is 1. The molecule has 2 rings (SSSR count). The van der Waals surface area contributed by atoms with E-state index in [0.717, 1.165) is 18.4 Å². The van der Waals surface area contributed by atoms with Gasteiger partial charge in [-0.15, -0.1) is 0 Å². The van der Waals surface area contributed by atoms with Gasteiger partial charge in [-0.2, -0.15) is 0 Å². The zero-order chi connectivity index (χ0) is 10.9. The molecule has 0 N–H and O–H groups in total. The van der Waals surface area contributed by atoms with Crippen LogP contribution in [-0.2, 0) is 4.74 Å². The minimum atomic E-state index is 0.585. The molecule has 1 nitrogen and oxygen atoms in total. The van der Waals surface area contributed by atoms with E-state index < -0.39 is 0 Å². The van der Waals surface area contributed by atoms with Gasteiger partial charge in [0.2, 0.25) is 0 Å². The molecule has 0 radical (unpaired) electrons. The lowest BCUT2D eigenvalue weighted by Gasteiger charge is -2.40. The van der Waals surface area contributed by atoms with Gasteiger partial charge in [0.1, 0.15) is 0 Å². The van der Waals surface area contributed by atoms with Crippen molar-refractivity contribution in [1.82, 2.24) is 0 Å². The first-order valence-corrected chi connectivity index (χ1v) is 6.76. The van der Waals surface area contributed by atoms with E-state index in [2.05, 4.69) is 20.8 Å². The number of fused-ring (bicyclic) bond motifs is 1. The van der Waals surface area contributed by atoms with Gasteiger partial charge in [-0.3, -0.25) is 0 Å². The number of rotatable bonds is 3. The molecule has 88 valence electrons. The summed E-state index contributed by atoms with van der Waals surface area (Å²) < 4.78 is 5.94. The minimum absolute atomic E-state index is 0.585. The van der Waals surface area contributed by atoms with Gasteiger partial charge in [0.05, 0.1) is 6.10 Å². The highest BCUT2D eigenvalue weighted by Crippen LogP contribution is 2.48. The van der Waals surface area contributed by atoms with Gasteiger partial charge in [0.25, 0.3) is 0 Å². The van der Waals surface area contributed by atoms with Crippen molar-refractivity contribution in [2.45, 2.75) is 65.4 Å². The molecule has 0 aromatic carbocycles. The van der Waals surface area contributed by atoms with Crippen LogP contribution in [0.2, 0.25) is 0 Å². The van der Waals surface area contributed by atoms with E-state index in [9.17, 15) is 0 Å². The van der Waals surface area contributed by atoms with Crippen LogP contribution in [0.15, 0.2) is 0 Å². The molecule has 1 saturated carbocycles. The summed E-state index contributed by atoms with van der Waals surface area (Å²) in [6.07, 6.45) is 8.89. The molecule has 1 saturated heterocycles. The van der Waals surface area contributed by atoms with Gasteiger partial charge in [-0.25, -0.2) is 0 Å². The molecule has 0 spiro atoms. The minimum Gasteiger partial charge on any atom is -0.378 e. The lowest BCUT2D eigenvalue weighted by molar-refractivity contribution is 0.00951. The van der Waals surface area contributed by atoms with Crippen LogP contribution in [0.25, 0.3) is 0 Å². The Hall–Kier alpha value is -0.0400. The van der Waals surface area contributed by atoms with E-state index in [1.54, 1.807) is 0 Å². The molecule has 0 amide bonds. The second-order valence-electron chi connectivity index (χ2n) is 6.17. The summed E-state index contributed by atoms with van der Waals surface area (Å²) in [5.74, 6) is 1.69. The molecule has 15 heavy (non-hydrogen) atoms. The van der Waals surface area contributed by atoms with E-state index >= 15 is 0 Å². The highest BCUT2D eigenvalue weighted by molar-refractivity contribution is 4.92. The molecule has 0 bridgehead atoms. The van der Waals surface area contributed by atoms with Gasteiger partial charge < -0.3 is 4.74 Å². The fourth-order valence-electron chi connectivity index (χ4n) is 3.50. The van der Waals surface area contributed by atoms with Crippen LogP contribution in [0.1, 0.15) is 59.3 Å².